The number of hydrogen-bond donors (Lipinski definition) is 1. The zero-order valence-electron chi connectivity index (χ0n) is 12.2. The average Bonchev–Trinajstić information content (AvgIpc) is 2.98. The zero-order valence-corrected chi connectivity index (χ0v) is 13.9. The molecule has 0 radical (unpaired) electrons. The van der Waals surface area contributed by atoms with Crippen LogP contribution in [0, 0.1) is 17.0 Å². The predicted octanol–water partition coefficient (Wildman–Crippen LogP) is 3.92. The van der Waals surface area contributed by atoms with Crippen molar-refractivity contribution in [3.8, 4) is 11.3 Å². The van der Waals surface area contributed by atoms with Gasteiger partial charge in [-0.2, -0.15) is 0 Å². The van der Waals surface area contributed by atoms with E-state index in [1.807, 2.05) is 11.4 Å². The van der Waals surface area contributed by atoms with E-state index in [1.54, 1.807) is 30.4 Å². The van der Waals surface area contributed by atoms with Gasteiger partial charge in [0.2, 0.25) is 0 Å². The molecule has 0 saturated carbocycles. The number of nitro groups is 1. The van der Waals surface area contributed by atoms with E-state index in [0.29, 0.717) is 11.5 Å². The van der Waals surface area contributed by atoms with Crippen molar-refractivity contribution in [3.05, 3.63) is 44.3 Å². The molecule has 22 heavy (non-hydrogen) atoms. The van der Waals surface area contributed by atoms with Crippen LogP contribution in [0.1, 0.15) is 29.3 Å². The summed E-state index contributed by atoms with van der Waals surface area (Å²) in [5, 5.41) is 17.5. The van der Waals surface area contributed by atoms with Crippen molar-refractivity contribution in [3.63, 3.8) is 0 Å². The molecule has 0 unspecified atom stereocenters. The van der Waals surface area contributed by atoms with Gasteiger partial charge in [-0.15, -0.1) is 23.7 Å². The number of thiazole rings is 1. The molecule has 0 atom stereocenters. The number of nitro benzene ring substituents is 1. The Kier molecular flexibility index (Phi) is 5.50. The second-order valence-electron chi connectivity index (χ2n) is 5.35. The Morgan fingerprint density at radius 2 is 2.09 bits per heavy atom. The molecular formula is C15H18ClN3O2S. The van der Waals surface area contributed by atoms with E-state index in [-0.39, 0.29) is 23.0 Å². The standard InChI is InChI=1S/C15H17N3O2S.ClH/c1-10-2-3-12(8-14(10)18(19)20)13-9-21-15(17-13)11-4-6-16-7-5-11;/h2-3,8-9,11,16H,4-7H2,1H3;1H. The molecule has 1 aliphatic rings. The molecule has 2 heterocycles. The highest BCUT2D eigenvalue weighted by atomic mass is 35.5. The molecule has 1 fully saturated rings. The fraction of sp³-hybridized carbons (Fsp3) is 0.400. The Morgan fingerprint density at radius 3 is 2.77 bits per heavy atom. The zero-order chi connectivity index (χ0) is 14.8. The third-order valence-corrected chi connectivity index (χ3v) is 4.92. The van der Waals surface area contributed by atoms with Crippen LogP contribution in [0.5, 0.6) is 0 Å². The van der Waals surface area contributed by atoms with Gasteiger partial charge in [0.1, 0.15) is 0 Å². The van der Waals surface area contributed by atoms with E-state index < -0.39 is 0 Å². The van der Waals surface area contributed by atoms with E-state index in [4.69, 9.17) is 4.98 Å². The van der Waals surface area contributed by atoms with E-state index in [0.717, 1.165) is 42.2 Å². The summed E-state index contributed by atoms with van der Waals surface area (Å²) in [7, 11) is 0. The first-order valence-electron chi connectivity index (χ1n) is 7.06. The summed E-state index contributed by atoms with van der Waals surface area (Å²) >= 11 is 1.66. The lowest BCUT2D eigenvalue weighted by Crippen LogP contribution is -2.26. The van der Waals surface area contributed by atoms with Gasteiger partial charge in [-0.3, -0.25) is 10.1 Å². The van der Waals surface area contributed by atoms with Gasteiger partial charge in [-0.1, -0.05) is 12.1 Å². The molecule has 1 N–H and O–H groups in total. The van der Waals surface area contributed by atoms with Gasteiger partial charge in [0.25, 0.3) is 5.69 Å². The lowest BCUT2D eigenvalue weighted by molar-refractivity contribution is -0.385. The number of halogens is 1. The lowest BCUT2D eigenvalue weighted by Gasteiger charge is -2.20. The minimum atomic E-state index is -0.334. The molecule has 0 bridgehead atoms. The number of piperidine rings is 1. The number of aromatic nitrogens is 1. The van der Waals surface area contributed by atoms with Crippen LogP contribution in [0.4, 0.5) is 5.69 Å². The minimum Gasteiger partial charge on any atom is -0.317 e. The third kappa shape index (κ3) is 3.45. The van der Waals surface area contributed by atoms with Crippen LogP contribution in [0.3, 0.4) is 0 Å². The molecule has 7 heteroatoms. The fourth-order valence-electron chi connectivity index (χ4n) is 2.64. The largest absolute Gasteiger partial charge is 0.317 e. The Bertz CT molecular complexity index is 669. The van der Waals surface area contributed by atoms with Crippen molar-refractivity contribution in [2.24, 2.45) is 0 Å². The van der Waals surface area contributed by atoms with Gasteiger partial charge in [-0.05, 0) is 32.9 Å². The van der Waals surface area contributed by atoms with Crippen molar-refractivity contribution in [1.29, 1.82) is 0 Å². The molecule has 1 aromatic heterocycles. The number of nitrogens with zero attached hydrogens (tertiary/aromatic N) is 2. The normalized spacial score (nSPS) is 15.3. The predicted molar refractivity (Wildman–Crippen MR) is 91.0 cm³/mol. The van der Waals surface area contributed by atoms with Crippen LogP contribution >= 0.6 is 23.7 Å². The highest BCUT2D eigenvalue weighted by Crippen LogP contribution is 2.32. The van der Waals surface area contributed by atoms with Crippen molar-refractivity contribution in [1.82, 2.24) is 10.3 Å². The highest BCUT2D eigenvalue weighted by molar-refractivity contribution is 7.10. The molecule has 0 aliphatic carbocycles. The molecule has 2 aromatic rings. The lowest BCUT2D eigenvalue weighted by atomic mass is 9.99. The molecular weight excluding hydrogens is 322 g/mol. The van der Waals surface area contributed by atoms with Crippen LogP contribution in [-0.4, -0.2) is 23.0 Å². The number of rotatable bonds is 3. The van der Waals surface area contributed by atoms with Crippen molar-refractivity contribution < 1.29 is 4.92 Å². The van der Waals surface area contributed by atoms with Gasteiger partial charge < -0.3 is 5.32 Å². The Hall–Kier alpha value is -1.50. The van der Waals surface area contributed by atoms with E-state index >= 15 is 0 Å². The summed E-state index contributed by atoms with van der Waals surface area (Å²) in [6.45, 7) is 3.83. The first-order valence-corrected chi connectivity index (χ1v) is 7.94. The number of hydrogen-bond acceptors (Lipinski definition) is 5. The second-order valence-corrected chi connectivity index (χ2v) is 6.24. The second kappa shape index (κ2) is 7.17. The smallest absolute Gasteiger partial charge is 0.272 e. The molecule has 1 aliphatic heterocycles. The van der Waals surface area contributed by atoms with Crippen molar-refractivity contribution >= 4 is 29.4 Å². The summed E-state index contributed by atoms with van der Waals surface area (Å²) in [5.74, 6) is 0.519. The monoisotopic (exact) mass is 339 g/mol. The summed E-state index contributed by atoms with van der Waals surface area (Å²) in [5.41, 5.74) is 2.50. The summed E-state index contributed by atoms with van der Waals surface area (Å²) < 4.78 is 0. The van der Waals surface area contributed by atoms with Crippen molar-refractivity contribution in [2.75, 3.05) is 13.1 Å². The maximum absolute atomic E-state index is 11.0. The number of benzene rings is 1. The van der Waals surface area contributed by atoms with Crippen LogP contribution < -0.4 is 5.32 Å². The third-order valence-electron chi connectivity index (χ3n) is 3.91. The quantitative estimate of drug-likeness (QED) is 0.680. The first-order chi connectivity index (χ1) is 10.1. The molecule has 1 aromatic carbocycles. The molecule has 118 valence electrons. The summed E-state index contributed by atoms with van der Waals surface area (Å²) in [6.07, 6.45) is 2.22. The number of aryl methyl sites for hydroxylation is 1. The summed E-state index contributed by atoms with van der Waals surface area (Å²) in [6, 6.07) is 5.32. The Morgan fingerprint density at radius 1 is 1.36 bits per heavy atom. The molecule has 0 amide bonds. The van der Waals surface area contributed by atoms with Crippen LogP contribution in [0.2, 0.25) is 0 Å². The van der Waals surface area contributed by atoms with Crippen LogP contribution in [-0.2, 0) is 0 Å². The Balaban J connectivity index is 0.00000176. The van der Waals surface area contributed by atoms with E-state index in [2.05, 4.69) is 5.32 Å². The van der Waals surface area contributed by atoms with E-state index in [1.165, 1.54) is 0 Å². The number of nitrogens with one attached hydrogen (secondary N) is 1. The fourth-order valence-corrected chi connectivity index (χ4v) is 3.64. The molecule has 5 nitrogen and oxygen atoms in total. The van der Waals surface area contributed by atoms with Gasteiger partial charge >= 0.3 is 0 Å². The minimum absolute atomic E-state index is 0. The first kappa shape index (κ1) is 16.9. The topological polar surface area (TPSA) is 68.1 Å². The van der Waals surface area contributed by atoms with Crippen LogP contribution in [0.15, 0.2) is 23.6 Å². The maximum Gasteiger partial charge on any atom is 0.272 e. The van der Waals surface area contributed by atoms with Gasteiger partial charge in [0.15, 0.2) is 0 Å². The molecule has 1 saturated heterocycles. The molecule has 0 spiro atoms. The van der Waals surface area contributed by atoms with E-state index in [9.17, 15) is 10.1 Å². The highest BCUT2D eigenvalue weighted by Gasteiger charge is 2.19. The average molecular weight is 340 g/mol. The van der Waals surface area contributed by atoms with Gasteiger partial charge in [0, 0.05) is 28.5 Å². The summed E-state index contributed by atoms with van der Waals surface area (Å²) in [4.78, 5) is 15.4. The SMILES string of the molecule is Cc1ccc(-c2csc(C3CCNCC3)n2)cc1[N+](=O)[O-].Cl. The van der Waals surface area contributed by atoms with Crippen LogP contribution in [0.25, 0.3) is 11.3 Å². The maximum atomic E-state index is 11.0. The molecule has 3 rings (SSSR count). The van der Waals surface area contributed by atoms with Crippen molar-refractivity contribution in [2.45, 2.75) is 25.7 Å². The Labute approximate surface area is 139 Å². The van der Waals surface area contributed by atoms with Gasteiger partial charge in [-0.25, -0.2) is 4.98 Å². The van der Waals surface area contributed by atoms with Gasteiger partial charge in [0.05, 0.1) is 15.6 Å².